The number of aryl methyl sites for hydroxylation is 2. The fourth-order valence-electron chi connectivity index (χ4n) is 2.38. The minimum Gasteiger partial charge on any atom is -0.497 e. The summed E-state index contributed by atoms with van der Waals surface area (Å²) < 4.78 is 5.21. The molecule has 0 N–H and O–H groups in total. The van der Waals surface area contributed by atoms with E-state index >= 15 is 0 Å². The maximum atomic E-state index is 6.32. The molecule has 2 aromatic carbocycles. The second-order valence-corrected chi connectivity index (χ2v) is 5.40. The van der Waals surface area contributed by atoms with Crippen LogP contribution in [0.5, 0.6) is 5.75 Å². The van der Waals surface area contributed by atoms with Crippen molar-refractivity contribution in [2.24, 2.45) is 0 Å². The van der Waals surface area contributed by atoms with E-state index < -0.39 is 0 Å². The van der Waals surface area contributed by atoms with Crippen molar-refractivity contribution in [1.29, 1.82) is 0 Å². The van der Waals surface area contributed by atoms with E-state index in [2.05, 4.69) is 35.9 Å². The summed E-state index contributed by atoms with van der Waals surface area (Å²) in [7, 11) is 1.62. The van der Waals surface area contributed by atoms with E-state index in [1.807, 2.05) is 24.3 Å². The average Bonchev–Trinajstić information content (AvgIpc) is 2.47. The van der Waals surface area contributed by atoms with Crippen LogP contribution in [0.15, 0.2) is 36.4 Å². The minimum atomic E-state index is 0.439. The van der Waals surface area contributed by atoms with Gasteiger partial charge in [0.25, 0.3) is 0 Å². The Balaban J connectivity index is 2.20. The zero-order valence-electron chi connectivity index (χ0n) is 12.1. The Kier molecular flexibility index (Phi) is 3.52. The summed E-state index contributed by atoms with van der Waals surface area (Å²) in [6, 6.07) is 11.8. The van der Waals surface area contributed by atoms with Crippen molar-refractivity contribution in [1.82, 2.24) is 9.97 Å². The van der Waals surface area contributed by atoms with Crippen LogP contribution < -0.4 is 4.74 Å². The smallest absolute Gasteiger partial charge is 0.161 e. The molecule has 21 heavy (non-hydrogen) atoms. The Morgan fingerprint density at radius 1 is 1.00 bits per heavy atom. The molecular weight excluding hydrogens is 284 g/mol. The Hall–Kier alpha value is -2.13. The number of methoxy groups -OCH3 is 1. The molecule has 0 unspecified atom stereocenters. The first-order valence-electron chi connectivity index (χ1n) is 6.67. The third-order valence-electron chi connectivity index (χ3n) is 3.48. The number of hydrogen-bond acceptors (Lipinski definition) is 3. The number of fused-ring (bicyclic) bond motifs is 1. The van der Waals surface area contributed by atoms with Gasteiger partial charge in [-0.25, -0.2) is 9.97 Å². The van der Waals surface area contributed by atoms with Gasteiger partial charge in [-0.2, -0.15) is 0 Å². The first-order valence-corrected chi connectivity index (χ1v) is 7.05. The Morgan fingerprint density at radius 2 is 1.81 bits per heavy atom. The molecule has 0 spiro atoms. The van der Waals surface area contributed by atoms with Gasteiger partial charge in [-0.15, -0.1) is 0 Å². The predicted molar refractivity (Wildman–Crippen MR) is 86.0 cm³/mol. The number of halogens is 1. The molecule has 4 heteroatoms. The van der Waals surface area contributed by atoms with Crippen LogP contribution in [-0.2, 0) is 0 Å². The van der Waals surface area contributed by atoms with E-state index in [-0.39, 0.29) is 0 Å². The molecule has 1 aromatic heterocycles. The maximum Gasteiger partial charge on any atom is 0.161 e. The highest BCUT2D eigenvalue weighted by Gasteiger charge is 2.10. The molecule has 1 heterocycles. The van der Waals surface area contributed by atoms with Crippen LogP contribution in [0, 0.1) is 13.8 Å². The van der Waals surface area contributed by atoms with Crippen LogP contribution in [0.2, 0.25) is 5.15 Å². The Labute approximate surface area is 128 Å². The molecule has 0 aliphatic carbocycles. The van der Waals surface area contributed by atoms with E-state index in [1.165, 1.54) is 5.56 Å². The lowest BCUT2D eigenvalue weighted by Gasteiger charge is -2.09. The predicted octanol–water partition coefficient (Wildman–Crippen LogP) is 4.58. The normalized spacial score (nSPS) is 10.9. The molecular formula is C17H15ClN2O. The highest BCUT2D eigenvalue weighted by atomic mass is 35.5. The van der Waals surface area contributed by atoms with E-state index in [4.69, 9.17) is 16.3 Å². The van der Waals surface area contributed by atoms with Gasteiger partial charge >= 0.3 is 0 Å². The van der Waals surface area contributed by atoms with Crippen LogP contribution in [0.4, 0.5) is 0 Å². The Morgan fingerprint density at radius 3 is 2.52 bits per heavy atom. The van der Waals surface area contributed by atoms with Crippen molar-refractivity contribution in [2.75, 3.05) is 7.11 Å². The van der Waals surface area contributed by atoms with Gasteiger partial charge in [0, 0.05) is 10.9 Å². The molecule has 0 aliphatic rings. The molecule has 0 atom stereocenters. The summed E-state index contributed by atoms with van der Waals surface area (Å²) in [5.74, 6) is 1.39. The van der Waals surface area contributed by atoms with Gasteiger partial charge < -0.3 is 4.74 Å². The molecule has 3 nitrogen and oxygen atoms in total. The summed E-state index contributed by atoms with van der Waals surface area (Å²) in [6.45, 7) is 4.12. The topological polar surface area (TPSA) is 35.0 Å². The lowest BCUT2D eigenvalue weighted by atomic mass is 10.1. The first-order chi connectivity index (χ1) is 10.1. The van der Waals surface area contributed by atoms with Crippen LogP contribution in [0.1, 0.15) is 11.1 Å². The van der Waals surface area contributed by atoms with Gasteiger partial charge in [0.05, 0.1) is 12.6 Å². The number of hydrogen-bond donors (Lipinski definition) is 0. The number of nitrogens with zero attached hydrogens (tertiary/aromatic N) is 2. The van der Waals surface area contributed by atoms with E-state index in [0.29, 0.717) is 11.0 Å². The van der Waals surface area contributed by atoms with Crippen molar-refractivity contribution >= 4 is 22.5 Å². The second kappa shape index (κ2) is 5.34. The molecule has 0 amide bonds. The van der Waals surface area contributed by atoms with Crippen LogP contribution in [0.3, 0.4) is 0 Å². The van der Waals surface area contributed by atoms with Crippen molar-refractivity contribution in [2.45, 2.75) is 13.8 Å². The van der Waals surface area contributed by atoms with Crippen molar-refractivity contribution in [3.63, 3.8) is 0 Å². The van der Waals surface area contributed by atoms with Gasteiger partial charge in [-0.05, 0) is 37.6 Å². The molecule has 3 rings (SSSR count). The molecule has 0 saturated heterocycles. The van der Waals surface area contributed by atoms with Crippen molar-refractivity contribution in [3.05, 3.63) is 52.7 Å². The number of aromatic nitrogens is 2. The fourth-order valence-corrected chi connectivity index (χ4v) is 2.61. The van der Waals surface area contributed by atoms with Crippen molar-refractivity contribution in [3.8, 4) is 17.1 Å². The monoisotopic (exact) mass is 298 g/mol. The first kappa shape index (κ1) is 13.8. The molecule has 0 bridgehead atoms. The number of rotatable bonds is 2. The third-order valence-corrected chi connectivity index (χ3v) is 3.77. The zero-order valence-corrected chi connectivity index (χ0v) is 12.9. The maximum absolute atomic E-state index is 6.32. The molecule has 106 valence electrons. The SMILES string of the molecule is COc1ccc2nc(-c3ccc(C)cc3C)nc(Cl)c2c1. The van der Waals surface area contributed by atoms with Gasteiger partial charge in [0.2, 0.25) is 0 Å². The van der Waals surface area contributed by atoms with Crippen LogP contribution in [-0.4, -0.2) is 17.1 Å². The molecule has 0 saturated carbocycles. The fraction of sp³-hybridized carbons (Fsp3) is 0.176. The zero-order chi connectivity index (χ0) is 15.0. The lowest BCUT2D eigenvalue weighted by molar-refractivity contribution is 0.415. The minimum absolute atomic E-state index is 0.439. The summed E-state index contributed by atoms with van der Waals surface area (Å²) in [5, 5.41) is 1.23. The van der Waals surface area contributed by atoms with Gasteiger partial charge in [0.1, 0.15) is 10.9 Å². The summed E-state index contributed by atoms with van der Waals surface area (Å²) in [5.41, 5.74) is 4.16. The van der Waals surface area contributed by atoms with Gasteiger partial charge in [0.15, 0.2) is 5.82 Å². The Bertz CT molecular complexity index is 830. The molecule has 0 fully saturated rings. The second-order valence-electron chi connectivity index (χ2n) is 5.04. The van der Waals surface area contributed by atoms with E-state index in [0.717, 1.165) is 27.8 Å². The van der Waals surface area contributed by atoms with E-state index in [9.17, 15) is 0 Å². The highest BCUT2D eigenvalue weighted by Crippen LogP contribution is 2.29. The van der Waals surface area contributed by atoms with Crippen LogP contribution >= 0.6 is 11.6 Å². The molecule has 0 radical (unpaired) electrons. The standard InChI is InChI=1S/C17H15ClN2O/c1-10-4-6-13(11(2)8-10)17-19-15-7-5-12(21-3)9-14(15)16(18)20-17/h4-9H,1-3H3. The van der Waals surface area contributed by atoms with Crippen LogP contribution in [0.25, 0.3) is 22.3 Å². The summed E-state index contributed by atoms with van der Waals surface area (Å²) in [6.07, 6.45) is 0. The quantitative estimate of drug-likeness (QED) is 0.650. The van der Waals surface area contributed by atoms with Gasteiger partial charge in [-0.1, -0.05) is 35.4 Å². The third kappa shape index (κ3) is 2.57. The molecule has 3 aromatic rings. The average molecular weight is 299 g/mol. The lowest BCUT2D eigenvalue weighted by Crippen LogP contribution is -1.95. The largest absolute Gasteiger partial charge is 0.497 e. The summed E-state index contributed by atoms with van der Waals surface area (Å²) >= 11 is 6.32. The highest BCUT2D eigenvalue weighted by molar-refractivity contribution is 6.34. The van der Waals surface area contributed by atoms with E-state index in [1.54, 1.807) is 7.11 Å². The number of benzene rings is 2. The molecule has 0 aliphatic heterocycles. The van der Waals surface area contributed by atoms with Gasteiger partial charge in [-0.3, -0.25) is 0 Å². The number of ether oxygens (including phenoxy) is 1. The summed E-state index contributed by atoms with van der Waals surface area (Å²) in [4.78, 5) is 9.06. The van der Waals surface area contributed by atoms with Crippen molar-refractivity contribution < 1.29 is 4.74 Å².